The second-order valence-corrected chi connectivity index (χ2v) is 5.71. The highest BCUT2D eigenvalue weighted by Gasteiger charge is 2.02. The van der Waals surface area contributed by atoms with E-state index in [0.29, 0.717) is 12.6 Å². The monoisotopic (exact) mass is 264 g/mol. The van der Waals surface area contributed by atoms with Crippen molar-refractivity contribution in [2.75, 3.05) is 13.2 Å². The second-order valence-electron chi connectivity index (χ2n) is 4.59. The molecule has 0 aliphatic heterocycles. The van der Waals surface area contributed by atoms with Crippen LogP contribution in [0.4, 0.5) is 0 Å². The Morgan fingerprint density at radius 3 is 2.94 bits per heavy atom. The van der Waals surface area contributed by atoms with Crippen LogP contribution in [0.15, 0.2) is 24.3 Å². The number of ether oxygens (including phenoxy) is 1. The van der Waals surface area contributed by atoms with Crippen LogP contribution in [0.3, 0.4) is 0 Å². The van der Waals surface area contributed by atoms with Gasteiger partial charge in [0, 0.05) is 12.6 Å². The molecule has 1 aromatic heterocycles. The number of thiazole rings is 1. The van der Waals surface area contributed by atoms with Gasteiger partial charge in [-0.1, -0.05) is 26.0 Å². The van der Waals surface area contributed by atoms with E-state index in [0.717, 1.165) is 30.1 Å². The predicted molar refractivity (Wildman–Crippen MR) is 77.0 cm³/mol. The molecule has 4 heteroatoms. The zero-order chi connectivity index (χ0) is 12.8. The Kier molecular flexibility index (Phi) is 5.11. The molecule has 1 heterocycles. The Hall–Kier alpha value is -0.970. The van der Waals surface area contributed by atoms with Crippen LogP contribution in [0.1, 0.15) is 25.3 Å². The van der Waals surface area contributed by atoms with Crippen molar-refractivity contribution in [3.63, 3.8) is 0 Å². The molecular formula is C14H20N2OS. The predicted octanol–water partition coefficient (Wildman–Crippen LogP) is 3.20. The Labute approximate surface area is 112 Å². The molecule has 1 aromatic carbocycles. The van der Waals surface area contributed by atoms with Crippen molar-refractivity contribution in [1.82, 2.24) is 10.3 Å². The summed E-state index contributed by atoms with van der Waals surface area (Å²) in [6.45, 7) is 6.73. The molecule has 0 unspecified atom stereocenters. The second kappa shape index (κ2) is 6.83. The van der Waals surface area contributed by atoms with Crippen molar-refractivity contribution < 1.29 is 4.74 Å². The summed E-state index contributed by atoms with van der Waals surface area (Å²) in [5, 5.41) is 4.44. The van der Waals surface area contributed by atoms with E-state index in [-0.39, 0.29) is 0 Å². The third-order valence-corrected chi connectivity index (χ3v) is 3.59. The first kappa shape index (κ1) is 13.5. The molecule has 0 spiro atoms. The number of hydrogen-bond donors (Lipinski definition) is 1. The molecule has 0 radical (unpaired) electrons. The number of benzene rings is 1. The molecule has 18 heavy (non-hydrogen) atoms. The molecule has 0 aliphatic rings. The van der Waals surface area contributed by atoms with Crippen LogP contribution in [0, 0.1) is 0 Å². The molecule has 2 rings (SSSR count). The summed E-state index contributed by atoms with van der Waals surface area (Å²) >= 11 is 1.71. The SMILES string of the molecule is CC(C)NCCCOCc1nc2ccccc2s1. The number of para-hydroxylation sites is 1. The molecule has 0 bridgehead atoms. The van der Waals surface area contributed by atoms with Gasteiger partial charge in [0.1, 0.15) is 5.01 Å². The van der Waals surface area contributed by atoms with Gasteiger partial charge < -0.3 is 10.1 Å². The van der Waals surface area contributed by atoms with Gasteiger partial charge in [0.2, 0.25) is 0 Å². The molecule has 2 aromatic rings. The Bertz CT molecular complexity index is 448. The van der Waals surface area contributed by atoms with E-state index >= 15 is 0 Å². The van der Waals surface area contributed by atoms with Gasteiger partial charge in [-0.15, -0.1) is 11.3 Å². The number of nitrogens with zero attached hydrogens (tertiary/aromatic N) is 1. The highest BCUT2D eigenvalue weighted by molar-refractivity contribution is 7.18. The standard InChI is InChI=1S/C14H20N2OS/c1-11(2)15-8-5-9-17-10-14-16-12-6-3-4-7-13(12)18-14/h3-4,6-7,11,15H,5,8-10H2,1-2H3. The quantitative estimate of drug-likeness (QED) is 0.780. The van der Waals surface area contributed by atoms with Crippen molar-refractivity contribution in [3.05, 3.63) is 29.3 Å². The fraction of sp³-hybridized carbons (Fsp3) is 0.500. The average molecular weight is 264 g/mol. The Balaban J connectivity index is 1.70. The normalized spacial score (nSPS) is 11.5. The lowest BCUT2D eigenvalue weighted by molar-refractivity contribution is 0.118. The maximum absolute atomic E-state index is 5.64. The minimum Gasteiger partial charge on any atom is -0.374 e. The highest BCUT2D eigenvalue weighted by atomic mass is 32.1. The zero-order valence-corrected chi connectivity index (χ0v) is 11.8. The molecule has 3 nitrogen and oxygen atoms in total. The van der Waals surface area contributed by atoms with E-state index in [9.17, 15) is 0 Å². The van der Waals surface area contributed by atoms with E-state index in [1.165, 1.54) is 4.70 Å². The van der Waals surface area contributed by atoms with Crippen molar-refractivity contribution >= 4 is 21.6 Å². The van der Waals surface area contributed by atoms with Gasteiger partial charge in [-0.05, 0) is 25.1 Å². The Morgan fingerprint density at radius 2 is 2.17 bits per heavy atom. The van der Waals surface area contributed by atoms with E-state index in [2.05, 4.69) is 30.2 Å². The Morgan fingerprint density at radius 1 is 1.33 bits per heavy atom. The molecule has 98 valence electrons. The summed E-state index contributed by atoms with van der Waals surface area (Å²) in [7, 11) is 0. The van der Waals surface area contributed by atoms with Crippen LogP contribution in [-0.2, 0) is 11.3 Å². The summed E-state index contributed by atoms with van der Waals surface area (Å²) in [6.07, 6.45) is 1.04. The minimum absolute atomic E-state index is 0.550. The summed E-state index contributed by atoms with van der Waals surface area (Å²) in [4.78, 5) is 4.54. The maximum Gasteiger partial charge on any atom is 0.120 e. The molecule has 0 saturated heterocycles. The van der Waals surface area contributed by atoms with Gasteiger partial charge in [0.05, 0.1) is 16.8 Å². The first-order chi connectivity index (χ1) is 8.75. The number of nitrogens with one attached hydrogen (secondary N) is 1. The summed E-state index contributed by atoms with van der Waals surface area (Å²) < 4.78 is 6.87. The number of rotatable bonds is 7. The number of hydrogen-bond acceptors (Lipinski definition) is 4. The molecule has 0 saturated carbocycles. The van der Waals surface area contributed by atoms with Crippen LogP contribution in [-0.4, -0.2) is 24.2 Å². The van der Waals surface area contributed by atoms with Gasteiger partial charge in [-0.25, -0.2) is 4.98 Å². The van der Waals surface area contributed by atoms with Crippen molar-refractivity contribution in [3.8, 4) is 0 Å². The third kappa shape index (κ3) is 4.05. The van der Waals surface area contributed by atoms with Crippen LogP contribution >= 0.6 is 11.3 Å². The molecule has 0 aliphatic carbocycles. The lowest BCUT2D eigenvalue weighted by Gasteiger charge is -2.07. The first-order valence-corrected chi connectivity index (χ1v) is 7.23. The van der Waals surface area contributed by atoms with Crippen LogP contribution in [0.25, 0.3) is 10.2 Å². The molecule has 1 N–H and O–H groups in total. The van der Waals surface area contributed by atoms with Gasteiger partial charge in [-0.2, -0.15) is 0 Å². The van der Waals surface area contributed by atoms with E-state index in [1.807, 2.05) is 18.2 Å². The summed E-state index contributed by atoms with van der Waals surface area (Å²) in [5.74, 6) is 0. The summed E-state index contributed by atoms with van der Waals surface area (Å²) in [5.41, 5.74) is 1.07. The maximum atomic E-state index is 5.64. The number of fused-ring (bicyclic) bond motifs is 1. The minimum atomic E-state index is 0.550. The lowest BCUT2D eigenvalue weighted by Crippen LogP contribution is -2.24. The fourth-order valence-electron chi connectivity index (χ4n) is 1.71. The van der Waals surface area contributed by atoms with Crippen LogP contribution in [0.2, 0.25) is 0 Å². The zero-order valence-electron chi connectivity index (χ0n) is 11.0. The van der Waals surface area contributed by atoms with Crippen molar-refractivity contribution in [2.45, 2.75) is 32.9 Å². The third-order valence-electron chi connectivity index (χ3n) is 2.58. The number of aromatic nitrogens is 1. The summed E-state index contributed by atoms with van der Waals surface area (Å²) in [6, 6.07) is 8.76. The van der Waals surface area contributed by atoms with Crippen molar-refractivity contribution in [1.29, 1.82) is 0 Å². The van der Waals surface area contributed by atoms with Gasteiger partial charge >= 0.3 is 0 Å². The fourth-order valence-corrected chi connectivity index (χ4v) is 2.61. The smallest absolute Gasteiger partial charge is 0.120 e. The van der Waals surface area contributed by atoms with E-state index in [4.69, 9.17) is 4.74 Å². The largest absolute Gasteiger partial charge is 0.374 e. The van der Waals surface area contributed by atoms with E-state index < -0.39 is 0 Å². The molecule has 0 fully saturated rings. The van der Waals surface area contributed by atoms with Crippen molar-refractivity contribution in [2.24, 2.45) is 0 Å². The van der Waals surface area contributed by atoms with Crippen LogP contribution < -0.4 is 5.32 Å². The van der Waals surface area contributed by atoms with Gasteiger partial charge in [-0.3, -0.25) is 0 Å². The molecule has 0 atom stereocenters. The molecule has 0 amide bonds. The van der Waals surface area contributed by atoms with Gasteiger partial charge in [0.25, 0.3) is 0 Å². The lowest BCUT2D eigenvalue weighted by atomic mass is 10.3. The van der Waals surface area contributed by atoms with Crippen LogP contribution in [0.5, 0.6) is 0 Å². The van der Waals surface area contributed by atoms with Gasteiger partial charge in [0.15, 0.2) is 0 Å². The molecular weight excluding hydrogens is 244 g/mol. The highest BCUT2D eigenvalue weighted by Crippen LogP contribution is 2.21. The van der Waals surface area contributed by atoms with E-state index in [1.54, 1.807) is 11.3 Å². The topological polar surface area (TPSA) is 34.1 Å². The average Bonchev–Trinajstić information content (AvgIpc) is 2.75. The first-order valence-electron chi connectivity index (χ1n) is 6.41.